The minimum atomic E-state index is -1.37. The van der Waals surface area contributed by atoms with E-state index in [0.717, 1.165) is 9.14 Å². The van der Waals surface area contributed by atoms with E-state index in [9.17, 15) is 19.5 Å². The number of allylic oxidation sites excluding steroid dienone is 3. The quantitative estimate of drug-likeness (QED) is 0.123. The molecule has 6 atom stereocenters. The summed E-state index contributed by atoms with van der Waals surface area (Å²) in [6, 6.07) is 28.4. The maximum Gasteiger partial charge on any atom is 0.246 e. The van der Waals surface area contributed by atoms with E-state index in [-0.39, 0.29) is 35.8 Å². The maximum absolute atomic E-state index is 15.3. The predicted molar refractivity (Wildman–Crippen MR) is 202 cm³/mol. The summed E-state index contributed by atoms with van der Waals surface area (Å²) >= 11 is 8.58. The molecule has 8 rings (SSSR count). The zero-order chi connectivity index (χ0) is 35.6. The molecule has 1 saturated carbocycles. The number of rotatable bonds is 6. The van der Waals surface area contributed by atoms with Crippen LogP contribution in [0, 0.1) is 33.2 Å². The molecule has 1 N–H and O–H groups in total. The van der Waals surface area contributed by atoms with Crippen molar-refractivity contribution >= 4 is 75.3 Å². The van der Waals surface area contributed by atoms with Gasteiger partial charge in [-0.1, -0.05) is 77.9 Å². The molecule has 0 bridgehead atoms. The number of imide groups is 2. The van der Waals surface area contributed by atoms with Gasteiger partial charge >= 0.3 is 0 Å². The summed E-state index contributed by atoms with van der Waals surface area (Å²) < 4.78 is 6.34. The number of ether oxygens (including phenoxy) is 1. The number of hydrogen-bond acceptors (Lipinski definition) is 6. The van der Waals surface area contributed by atoms with Gasteiger partial charge in [0.25, 0.3) is 0 Å². The molecule has 0 spiro atoms. The van der Waals surface area contributed by atoms with Crippen molar-refractivity contribution in [3.8, 4) is 11.5 Å². The molecule has 3 fully saturated rings. The lowest BCUT2D eigenvalue weighted by atomic mass is 9.50. The largest absolute Gasteiger partial charge is 0.504 e. The van der Waals surface area contributed by atoms with Crippen molar-refractivity contribution in [2.24, 2.45) is 29.6 Å². The number of hydrogen-bond donors (Lipinski definition) is 1. The van der Waals surface area contributed by atoms with Gasteiger partial charge in [0, 0.05) is 14.5 Å². The number of aromatic hydroxyl groups is 1. The van der Waals surface area contributed by atoms with Crippen molar-refractivity contribution in [1.29, 1.82) is 0 Å². The third-order valence-corrected chi connectivity index (χ3v) is 12.0. The number of fused-ring (bicyclic) bond motifs is 4. The zero-order valence-corrected chi connectivity index (χ0v) is 30.3. The third kappa shape index (κ3) is 5.15. The van der Waals surface area contributed by atoms with E-state index in [0.29, 0.717) is 39.7 Å². The fraction of sp³-hybridized carbons (Fsp3) is 0.220. The van der Waals surface area contributed by atoms with Crippen LogP contribution >= 0.6 is 34.2 Å². The van der Waals surface area contributed by atoms with Crippen LogP contribution < -0.4 is 14.5 Å². The van der Waals surface area contributed by atoms with Crippen molar-refractivity contribution in [2.75, 3.05) is 16.9 Å². The highest BCUT2D eigenvalue weighted by molar-refractivity contribution is 14.1. The van der Waals surface area contributed by atoms with E-state index in [1.54, 1.807) is 48.5 Å². The van der Waals surface area contributed by atoms with Gasteiger partial charge in [-0.3, -0.25) is 24.1 Å². The summed E-state index contributed by atoms with van der Waals surface area (Å²) in [6.07, 6.45) is 6.37. The average molecular weight is 811 g/mol. The van der Waals surface area contributed by atoms with Crippen LogP contribution in [0.5, 0.6) is 11.5 Å². The summed E-state index contributed by atoms with van der Waals surface area (Å²) in [6.45, 7) is 0. The summed E-state index contributed by atoms with van der Waals surface area (Å²) in [4.78, 5) is 61.0. The van der Waals surface area contributed by atoms with Gasteiger partial charge in [-0.2, -0.15) is 0 Å². The van der Waals surface area contributed by atoms with Crippen LogP contribution in [0.3, 0.4) is 0 Å². The van der Waals surface area contributed by atoms with Crippen molar-refractivity contribution in [3.63, 3.8) is 0 Å². The first-order valence-electron chi connectivity index (χ1n) is 16.7. The number of carbonyl (C=O) groups excluding carboxylic acids is 4. The Kier molecular flexibility index (Phi) is 8.38. The second kappa shape index (κ2) is 12.8. The maximum atomic E-state index is 15.3. The van der Waals surface area contributed by atoms with Gasteiger partial charge in [0.1, 0.15) is 0 Å². The average Bonchev–Trinajstić information content (AvgIpc) is 3.53. The van der Waals surface area contributed by atoms with Crippen LogP contribution in [0.2, 0.25) is 5.02 Å². The first-order chi connectivity index (χ1) is 24.6. The zero-order valence-electron chi connectivity index (χ0n) is 27.4. The number of phenolic OH excluding ortho intramolecular Hbond substituents is 1. The van der Waals surface area contributed by atoms with E-state index in [1.165, 1.54) is 23.0 Å². The van der Waals surface area contributed by atoms with Gasteiger partial charge in [0.15, 0.2) is 11.5 Å². The second-order valence-electron chi connectivity index (χ2n) is 13.4. The normalized spacial score (nSPS) is 27.0. The molecule has 2 aliphatic heterocycles. The van der Waals surface area contributed by atoms with E-state index in [4.69, 9.17) is 16.3 Å². The van der Waals surface area contributed by atoms with Crippen molar-refractivity contribution in [2.45, 2.75) is 18.3 Å². The minimum absolute atomic E-state index is 0.00921. The van der Waals surface area contributed by atoms with Crippen molar-refractivity contribution < 1.29 is 29.0 Å². The molecule has 4 aliphatic rings. The van der Waals surface area contributed by atoms with Crippen LogP contribution in [0.4, 0.5) is 11.4 Å². The first kappa shape index (κ1) is 33.4. The number of methoxy groups -OCH3 is 1. The Morgan fingerprint density at radius 2 is 1.61 bits per heavy atom. The Morgan fingerprint density at radius 3 is 2.33 bits per heavy atom. The molecule has 10 heteroatoms. The summed E-state index contributed by atoms with van der Waals surface area (Å²) in [5, 5.41) is 10.7. The standard InChI is InChI=1S/C41H32ClIN2O6/c1-51-35-20-23(11-19-34(35)46)10-18-32-29-16-17-30-36(39(49)44(37(30)47)27-14-12-26(43)13-15-27)31(29)22-33-38(48)45(28-9-5-8-25(42)21-28)40(50)41(32,33)24-6-3-2-4-7-24/h2-16,18-21,30-33,36,46H,17,22H2,1H3/t30-,31+,32-,33-,36-,41-/m0/s1. The molecule has 256 valence electrons. The first-order valence-corrected chi connectivity index (χ1v) is 18.2. The van der Waals surface area contributed by atoms with E-state index >= 15 is 4.79 Å². The molecule has 4 amide bonds. The van der Waals surface area contributed by atoms with Crippen LogP contribution in [0.25, 0.3) is 6.08 Å². The Balaban J connectivity index is 1.32. The van der Waals surface area contributed by atoms with Crippen LogP contribution in [0.15, 0.2) is 115 Å². The van der Waals surface area contributed by atoms with Crippen LogP contribution in [-0.4, -0.2) is 35.8 Å². The van der Waals surface area contributed by atoms with Crippen molar-refractivity contribution in [1.82, 2.24) is 0 Å². The van der Waals surface area contributed by atoms with Gasteiger partial charge in [-0.15, -0.1) is 0 Å². The van der Waals surface area contributed by atoms with E-state index in [1.807, 2.05) is 60.7 Å². The molecule has 0 unspecified atom stereocenters. The Bertz CT molecular complexity index is 2170. The number of amides is 4. The molecule has 0 aromatic heterocycles. The molecule has 0 radical (unpaired) electrons. The third-order valence-electron chi connectivity index (χ3n) is 11.0. The lowest BCUT2D eigenvalue weighted by molar-refractivity contribution is -0.128. The number of nitrogens with zero attached hydrogens (tertiary/aromatic N) is 2. The Labute approximate surface area is 313 Å². The summed E-state index contributed by atoms with van der Waals surface area (Å²) in [7, 11) is 1.47. The smallest absolute Gasteiger partial charge is 0.246 e. The lowest BCUT2D eigenvalue weighted by Crippen LogP contribution is -2.54. The number of phenols is 1. The fourth-order valence-electron chi connectivity index (χ4n) is 8.84. The molecule has 8 nitrogen and oxygen atoms in total. The predicted octanol–water partition coefficient (Wildman–Crippen LogP) is 7.57. The van der Waals surface area contributed by atoms with Gasteiger partial charge in [-0.05, 0) is 107 Å². The summed E-state index contributed by atoms with van der Waals surface area (Å²) in [5.41, 5.74) is 1.79. The number of benzene rings is 4. The van der Waals surface area contributed by atoms with Gasteiger partial charge in [0.2, 0.25) is 23.6 Å². The van der Waals surface area contributed by atoms with E-state index < -0.39 is 35.0 Å². The number of halogens is 2. The van der Waals surface area contributed by atoms with Gasteiger partial charge < -0.3 is 9.84 Å². The molecule has 2 heterocycles. The summed E-state index contributed by atoms with van der Waals surface area (Å²) in [5.74, 6) is -4.28. The van der Waals surface area contributed by atoms with Gasteiger partial charge in [-0.25, -0.2) is 4.90 Å². The molecule has 4 aromatic rings. The topological polar surface area (TPSA) is 104 Å². The highest BCUT2D eigenvalue weighted by atomic mass is 127. The monoisotopic (exact) mass is 810 g/mol. The molecule has 2 saturated heterocycles. The SMILES string of the molecule is COc1cc(C=C[C@H]2C3=CC[C@@H]4C(=O)N(c5ccc(I)cc5)C(=O)[C@@H]4[C@@H]3C[C@H]3C(=O)N(c4cccc(Cl)c4)C(=O)[C@@]23c2ccccc2)ccc1O. The molecular weight excluding hydrogens is 779 g/mol. The number of anilines is 2. The second-order valence-corrected chi connectivity index (χ2v) is 15.1. The number of carbonyl (C=O) groups is 4. The molecule has 51 heavy (non-hydrogen) atoms. The Hall–Kier alpha value is -4.74. The molecule has 4 aromatic carbocycles. The minimum Gasteiger partial charge on any atom is -0.504 e. The molecular formula is C41H32ClIN2O6. The highest BCUT2D eigenvalue weighted by Crippen LogP contribution is 2.62. The van der Waals surface area contributed by atoms with Gasteiger partial charge in [0.05, 0.1) is 41.7 Å². The fourth-order valence-corrected chi connectivity index (χ4v) is 9.38. The van der Waals surface area contributed by atoms with Crippen LogP contribution in [-0.2, 0) is 24.6 Å². The lowest BCUT2D eigenvalue weighted by Gasteiger charge is -2.49. The van der Waals surface area contributed by atoms with Crippen molar-refractivity contribution in [3.05, 3.63) is 135 Å². The van der Waals surface area contributed by atoms with E-state index in [2.05, 4.69) is 22.6 Å². The highest BCUT2D eigenvalue weighted by Gasteiger charge is 2.69. The Morgan fingerprint density at radius 1 is 0.843 bits per heavy atom. The molecule has 2 aliphatic carbocycles. The van der Waals surface area contributed by atoms with Crippen LogP contribution in [0.1, 0.15) is 24.0 Å².